The number of carbonyl (C=O) groups is 1. The van der Waals surface area contributed by atoms with Crippen LogP contribution in [0.4, 0.5) is 11.4 Å². The second-order valence-electron chi connectivity index (χ2n) is 5.64. The van der Waals surface area contributed by atoms with Crippen LogP contribution in [0, 0.1) is 17.2 Å². The summed E-state index contributed by atoms with van der Waals surface area (Å²) in [6.45, 7) is 4.23. The Morgan fingerprint density at radius 1 is 1.36 bits per heavy atom. The monoisotopic (exact) mass is 296 g/mol. The lowest BCUT2D eigenvalue weighted by Gasteiger charge is -2.13. The van der Waals surface area contributed by atoms with Gasteiger partial charge in [0.2, 0.25) is 5.91 Å². The molecule has 0 aliphatic rings. The fraction of sp³-hybridized carbons (Fsp3) is 0.294. The van der Waals surface area contributed by atoms with Gasteiger partial charge in [0, 0.05) is 11.4 Å². The van der Waals surface area contributed by atoms with Crippen molar-refractivity contribution in [3.05, 3.63) is 47.8 Å². The van der Waals surface area contributed by atoms with E-state index >= 15 is 0 Å². The molecule has 2 rings (SSSR count). The molecule has 1 amide bonds. The van der Waals surface area contributed by atoms with Crippen molar-refractivity contribution in [3.63, 3.8) is 0 Å². The lowest BCUT2D eigenvalue weighted by molar-refractivity contribution is -0.116. The summed E-state index contributed by atoms with van der Waals surface area (Å²) in [5.41, 5.74) is 8.55. The van der Waals surface area contributed by atoms with Gasteiger partial charge in [-0.05, 0) is 30.5 Å². The van der Waals surface area contributed by atoms with Crippen molar-refractivity contribution in [2.45, 2.75) is 26.8 Å². The molecule has 0 saturated heterocycles. The fourth-order valence-electron chi connectivity index (χ4n) is 2.36. The van der Waals surface area contributed by atoms with Gasteiger partial charge in [-0.1, -0.05) is 32.0 Å². The zero-order valence-electron chi connectivity index (χ0n) is 12.8. The molecule has 1 aromatic heterocycles. The van der Waals surface area contributed by atoms with E-state index in [1.165, 1.54) is 0 Å². The van der Waals surface area contributed by atoms with Crippen LogP contribution in [0.1, 0.15) is 25.2 Å². The Morgan fingerprint density at radius 2 is 2.05 bits per heavy atom. The largest absolute Gasteiger partial charge is 0.397 e. The maximum Gasteiger partial charge on any atom is 0.244 e. The van der Waals surface area contributed by atoms with E-state index in [-0.39, 0.29) is 12.5 Å². The van der Waals surface area contributed by atoms with Gasteiger partial charge >= 0.3 is 0 Å². The Bertz CT molecular complexity index is 695. The summed E-state index contributed by atoms with van der Waals surface area (Å²) in [4.78, 5) is 12.2. The first kappa shape index (κ1) is 15.6. The number of aromatic nitrogens is 1. The number of para-hydroxylation sites is 1. The molecule has 2 aromatic rings. The van der Waals surface area contributed by atoms with Gasteiger partial charge in [-0.2, -0.15) is 5.26 Å². The molecule has 1 heterocycles. The highest BCUT2D eigenvalue weighted by atomic mass is 16.1. The Kier molecular flexibility index (Phi) is 4.84. The minimum atomic E-state index is -0.177. The van der Waals surface area contributed by atoms with Gasteiger partial charge in [0.05, 0.1) is 5.69 Å². The van der Waals surface area contributed by atoms with Crippen molar-refractivity contribution >= 4 is 17.3 Å². The highest BCUT2D eigenvalue weighted by molar-refractivity contribution is 5.90. The Balaban J connectivity index is 2.21. The first-order valence-electron chi connectivity index (χ1n) is 7.24. The van der Waals surface area contributed by atoms with Crippen LogP contribution >= 0.6 is 0 Å². The molecular weight excluding hydrogens is 276 g/mol. The van der Waals surface area contributed by atoms with Crippen LogP contribution < -0.4 is 11.1 Å². The van der Waals surface area contributed by atoms with Crippen molar-refractivity contribution in [2.24, 2.45) is 5.92 Å². The predicted molar refractivity (Wildman–Crippen MR) is 87.2 cm³/mol. The molecule has 0 aliphatic carbocycles. The number of benzene rings is 1. The summed E-state index contributed by atoms with van der Waals surface area (Å²) in [6, 6.07) is 13.0. The quantitative estimate of drug-likeness (QED) is 0.889. The summed E-state index contributed by atoms with van der Waals surface area (Å²) in [5, 5.41) is 12.1. The molecule has 1 aromatic carbocycles. The van der Waals surface area contributed by atoms with E-state index in [2.05, 4.69) is 25.2 Å². The third-order valence-corrected chi connectivity index (χ3v) is 3.32. The van der Waals surface area contributed by atoms with Crippen molar-refractivity contribution in [1.29, 1.82) is 5.26 Å². The van der Waals surface area contributed by atoms with E-state index in [0.717, 1.165) is 17.8 Å². The molecule has 5 heteroatoms. The van der Waals surface area contributed by atoms with Crippen LogP contribution in [0.3, 0.4) is 0 Å². The lowest BCUT2D eigenvalue weighted by Crippen LogP contribution is -2.21. The molecule has 0 spiro atoms. The Hall–Kier alpha value is -2.74. The number of carbonyl (C=O) groups excluding carboxylic acids is 1. The Labute approximate surface area is 130 Å². The number of hydrogen-bond donors (Lipinski definition) is 2. The van der Waals surface area contributed by atoms with Crippen molar-refractivity contribution in [3.8, 4) is 6.07 Å². The third-order valence-electron chi connectivity index (χ3n) is 3.32. The SMILES string of the molecule is CC(C)Cc1c(N)cc(C#N)n1CC(=O)Nc1ccccc1. The zero-order valence-corrected chi connectivity index (χ0v) is 12.8. The molecule has 0 fully saturated rings. The number of nitrogens with one attached hydrogen (secondary N) is 1. The van der Waals surface area contributed by atoms with Gasteiger partial charge in [-0.25, -0.2) is 0 Å². The molecular formula is C17H20N4O. The maximum absolute atomic E-state index is 12.2. The molecule has 22 heavy (non-hydrogen) atoms. The van der Waals surface area contributed by atoms with Crippen molar-refractivity contribution in [1.82, 2.24) is 4.57 Å². The number of rotatable bonds is 5. The number of nitriles is 1. The second-order valence-corrected chi connectivity index (χ2v) is 5.64. The number of anilines is 2. The van der Waals surface area contributed by atoms with Gasteiger partial charge in [0.25, 0.3) is 0 Å². The van der Waals surface area contributed by atoms with E-state index in [1.54, 1.807) is 10.6 Å². The molecule has 0 bridgehead atoms. The summed E-state index contributed by atoms with van der Waals surface area (Å²) in [7, 11) is 0. The highest BCUT2D eigenvalue weighted by Crippen LogP contribution is 2.21. The predicted octanol–water partition coefficient (Wildman–Crippen LogP) is 2.78. The first-order chi connectivity index (χ1) is 10.5. The smallest absolute Gasteiger partial charge is 0.244 e. The van der Waals surface area contributed by atoms with E-state index in [1.807, 2.05) is 30.3 Å². The number of nitrogen functional groups attached to an aromatic ring is 1. The summed E-state index contributed by atoms with van der Waals surface area (Å²) >= 11 is 0. The van der Waals surface area contributed by atoms with Gasteiger partial charge < -0.3 is 15.6 Å². The lowest BCUT2D eigenvalue weighted by atomic mass is 10.1. The molecule has 0 aliphatic heterocycles. The minimum absolute atomic E-state index is 0.0804. The van der Waals surface area contributed by atoms with Crippen molar-refractivity contribution < 1.29 is 4.79 Å². The minimum Gasteiger partial charge on any atom is -0.397 e. The maximum atomic E-state index is 12.2. The standard InChI is InChI=1S/C17H20N4O/c1-12(2)8-16-15(19)9-14(10-18)21(16)11-17(22)20-13-6-4-3-5-7-13/h3-7,9,12H,8,11,19H2,1-2H3,(H,20,22). The topological polar surface area (TPSA) is 83.8 Å². The third kappa shape index (κ3) is 3.67. The molecule has 114 valence electrons. The van der Waals surface area contributed by atoms with Crippen molar-refractivity contribution in [2.75, 3.05) is 11.1 Å². The second kappa shape index (κ2) is 6.81. The van der Waals surface area contributed by atoms with Crippen LogP contribution in [0.25, 0.3) is 0 Å². The summed E-state index contributed by atoms with van der Waals surface area (Å²) < 4.78 is 1.70. The van der Waals surface area contributed by atoms with Crippen LogP contribution in [-0.4, -0.2) is 10.5 Å². The average Bonchev–Trinajstić information content (AvgIpc) is 2.76. The van der Waals surface area contributed by atoms with Gasteiger partial charge in [-0.3, -0.25) is 4.79 Å². The number of nitrogens with two attached hydrogens (primary N) is 1. The number of nitrogens with zero attached hydrogens (tertiary/aromatic N) is 2. The van der Waals surface area contributed by atoms with E-state index in [9.17, 15) is 10.1 Å². The molecule has 0 unspecified atom stereocenters. The van der Waals surface area contributed by atoms with Crippen LogP contribution in [-0.2, 0) is 17.8 Å². The van der Waals surface area contributed by atoms with E-state index in [4.69, 9.17) is 5.73 Å². The first-order valence-corrected chi connectivity index (χ1v) is 7.24. The molecule has 0 saturated carbocycles. The normalized spacial score (nSPS) is 10.5. The van der Waals surface area contributed by atoms with Crippen LogP contribution in [0.2, 0.25) is 0 Å². The Morgan fingerprint density at radius 3 is 2.64 bits per heavy atom. The fourth-order valence-corrected chi connectivity index (χ4v) is 2.36. The van der Waals surface area contributed by atoms with Gasteiger partial charge in [-0.15, -0.1) is 0 Å². The van der Waals surface area contributed by atoms with Gasteiger partial charge in [0.15, 0.2) is 0 Å². The van der Waals surface area contributed by atoms with Crippen LogP contribution in [0.5, 0.6) is 0 Å². The summed E-state index contributed by atoms with van der Waals surface area (Å²) in [5.74, 6) is 0.211. The molecule has 5 nitrogen and oxygen atoms in total. The average molecular weight is 296 g/mol. The molecule has 3 N–H and O–H groups in total. The highest BCUT2D eigenvalue weighted by Gasteiger charge is 2.16. The molecule has 0 radical (unpaired) electrons. The number of hydrogen-bond acceptors (Lipinski definition) is 3. The van der Waals surface area contributed by atoms with E-state index < -0.39 is 0 Å². The molecule has 0 atom stereocenters. The number of amides is 1. The van der Waals surface area contributed by atoms with Crippen LogP contribution in [0.15, 0.2) is 36.4 Å². The van der Waals surface area contributed by atoms with Gasteiger partial charge in [0.1, 0.15) is 18.3 Å². The zero-order chi connectivity index (χ0) is 16.1. The van der Waals surface area contributed by atoms with E-state index in [0.29, 0.717) is 17.3 Å². The summed E-state index contributed by atoms with van der Waals surface area (Å²) in [6.07, 6.45) is 0.728.